The maximum absolute atomic E-state index is 14.8. The second kappa shape index (κ2) is 6.40. The number of benzene rings is 1. The molecular weight excluding hydrogens is 371 g/mol. The van der Waals surface area contributed by atoms with Crippen molar-refractivity contribution in [3.63, 3.8) is 0 Å². The summed E-state index contributed by atoms with van der Waals surface area (Å²) in [5.41, 5.74) is -2.72. The number of hydrogen-bond acceptors (Lipinski definition) is 4. The van der Waals surface area contributed by atoms with E-state index in [0.717, 1.165) is 12.8 Å². The summed E-state index contributed by atoms with van der Waals surface area (Å²) in [6.07, 6.45) is -0.904. The van der Waals surface area contributed by atoms with Crippen LogP contribution in [0, 0.1) is 0 Å². The van der Waals surface area contributed by atoms with Crippen LogP contribution in [-0.4, -0.2) is 33.6 Å². The zero-order chi connectivity index (χ0) is 18.6. The molecule has 1 saturated carbocycles. The monoisotopic (exact) mass is 388 g/mol. The first-order valence-corrected chi connectivity index (χ1v) is 8.91. The topological polar surface area (TPSA) is 67.5 Å². The van der Waals surface area contributed by atoms with Crippen molar-refractivity contribution in [1.82, 2.24) is 9.78 Å². The van der Waals surface area contributed by atoms with Crippen LogP contribution in [0.5, 0.6) is 0 Å². The summed E-state index contributed by atoms with van der Waals surface area (Å²) in [6.45, 7) is 0.477. The molecule has 2 fully saturated rings. The lowest BCUT2D eigenvalue weighted by atomic mass is 9.72. The van der Waals surface area contributed by atoms with Crippen molar-refractivity contribution in [2.24, 2.45) is 0 Å². The molecule has 0 amide bonds. The van der Waals surface area contributed by atoms with Crippen LogP contribution in [0.3, 0.4) is 0 Å². The third-order valence-electron chi connectivity index (χ3n) is 5.05. The number of fused-ring (bicyclic) bond motifs is 1. The first-order chi connectivity index (χ1) is 12.3. The molecule has 1 unspecified atom stereocenters. The van der Waals surface area contributed by atoms with Gasteiger partial charge in [0.15, 0.2) is 6.23 Å². The van der Waals surface area contributed by atoms with Crippen LogP contribution in [-0.2, 0) is 10.4 Å². The molecule has 0 spiro atoms. The molecule has 1 aliphatic heterocycles. The Morgan fingerprint density at radius 3 is 2.62 bits per heavy atom. The van der Waals surface area contributed by atoms with Crippen molar-refractivity contribution in [3.8, 4) is 0 Å². The van der Waals surface area contributed by atoms with Gasteiger partial charge in [0.2, 0.25) is 0 Å². The van der Waals surface area contributed by atoms with E-state index in [1.54, 1.807) is 0 Å². The van der Waals surface area contributed by atoms with Gasteiger partial charge in [-0.3, -0.25) is 0 Å². The summed E-state index contributed by atoms with van der Waals surface area (Å²) in [4.78, 5) is 0. The van der Waals surface area contributed by atoms with Crippen molar-refractivity contribution in [2.75, 3.05) is 6.61 Å². The quantitative estimate of drug-likeness (QED) is 0.790. The number of alkyl halides is 3. The second-order valence-electron chi connectivity index (χ2n) is 6.83. The van der Waals surface area contributed by atoms with Gasteiger partial charge in [0.1, 0.15) is 11.4 Å². The maximum Gasteiger partial charge on any atom is 0.489 e. The number of rotatable bonds is 4. The Morgan fingerprint density at radius 2 is 2.08 bits per heavy atom. The molecular formula is C16H17BClF3N2O3. The van der Waals surface area contributed by atoms with Crippen molar-refractivity contribution in [2.45, 2.75) is 50.4 Å². The minimum atomic E-state index is -2.97. The summed E-state index contributed by atoms with van der Waals surface area (Å²) >= 11 is 6.25. The lowest BCUT2D eigenvalue weighted by Gasteiger charge is -2.24. The van der Waals surface area contributed by atoms with Crippen LogP contribution >= 0.6 is 11.6 Å². The van der Waals surface area contributed by atoms with Gasteiger partial charge >= 0.3 is 7.12 Å². The Kier molecular flexibility index (Phi) is 4.46. The molecule has 140 valence electrons. The van der Waals surface area contributed by atoms with Gasteiger partial charge in [-0.1, -0.05) is 11.6 Å². The first-order valence-electron chi connectivity index (χ1n) is 8.53. The van der Waals surface area contributed by atoms with Gasteiger partial charge < -0.3 is 14.8 Å². The molecule has 4 rings (SSSR count). The molecule has 2 aliphatic rings. The molecule has 26 heavy (non-hydrogen) atoms. The van der Waals surface area contributed by atoms with E-state index >= 15 is 0 Å². The Labute approximate surface area is 152 Å². The predicted octanol–water partition coefficient (Wildman–Crippen LogP) is 2.96. The summed E-state index contributed by atoms with van der Waals surface area (Å²) in [5.74, 6) is 0. The number of halogens is 4. The number of hydrogen-bond donors (Lipinski definition) is 2. The van der Waals surface area contributed by atoms with Crippen LogP contribution < -0.4 is 5.46 Å². The fourth-order valence-electron chi connectivity index (χ4n) is 3.69. The third kappa shape index (κ3) is 2.81. The summed E-state index contributed by atoms with van der Waals surface area (Å²) in [6, 6.07) is 1.37. The van der Waals surface area contributed by atoms with Gasteiger partial charge in [0.25, 0.3) is 6.43 Å². The number of aromatic nitrogens is 2. The Morgan fingerprint density at radius 1 is 1.35 bits per heavy atom. The van der Waals surface area contributed by atoms with E-state index in [1.807, 2.05) is 0 Å². The zero-order valence-electron chi connectivity index (χ0n) is 13.8. The average molecular weight is 389 g/mol. The molecule has 2 aromatic rings. The van der Waals surface area contributed by atoms with E-state index in [1.165, 1.54) is 10.7 Å². The molecule has 2 heterocycles. The van der Waals surface area contributed by atoms with E-state index < -0.39 is 31.1 Å². The predicted molar refractivity (Wildman–Crippen MR) is 90.4 cm³/mol. The smallest absolute Gasteiger partial charge is 0.423 e. The van der Waals surface area contributed by atoms with Crippen molar-refractivity contribution < 1.29 is 28.0 Å². The summed E-state index contributed by atoms with van der Waals surface area (Å²) in [5, 5.41) is 23.5. The Bertz CT molecular complexity index is 851. The van der Waals surface area contributed by atoms with Crippen molar-refractivity contribution in [3.05, 3.63) is 22.3 Å². The molecule has 0 radical (unpaired) electrons. The lowest BCUT2D eigenvalue weighted by molar-refractivity contribution is -0.0374. The second-order valence-corrected chi connectivity index (χ2v) is 7.24. The van der Waals surface area contributed by atoms with E-state index in [0.29, 0.717) is 13.0 Å². The van der Waals surface area contributed by atoms with Crippen LogP contribution in [0.25, 0.3) is 10.9 Å². The first kappa shape index (κ1) is 18.1. The highest BCUT2D eigenvalue weighted by Crippen LogP contribution is 2.52. The molecule has 1 aromatic heterocycles. The molecule has 0 bridgehead atoms. The van der Waals surface area contributed by atoms with E-state index in [2.05, 4.69) is 5.10 Å². The van der Waals surface area contributed by atoms with Crippen LogP contribution in [0.2, 0.25) is 5.02 Å². The van der Waals surface area contributed by atoms with Gasteiger partial charge in [-0.05, 0) is 38.2 Å². The SMILES string of the molecule is OB(O)c1c(C2(F)CC2)c(Cl)cc2c1c(C(F)F)nn2C1CCCCO1. The molecule has 1 atom stereocenters. The van der Waals surface area contributed by atoms with Gasteiger partial charge in [-0.2, -0.15) is 5.10 Å². The number of ether oxygens (including phenoxy) is 1. The lowest BCUT2D eigenvalue weighted by Crippen LogP contribution is -2.36. The van der Waals surface area contributed by atoms with E-state index in [9.17, 15) is 23.2 Å². The molecule has 1 aliphatic carbocycles. The molecule has 5 nitrogen and oxygen atoms in total. The third-order valence-corrected chi connectivity index (χ3v) is 5.34. The van der Waals surface area contributed by atoms with Gasteiger partial charge in [-0.15, -0.1) is 0 Å². The maximum atomic E-state index is 14.8. The minimum Gasteiger partial charge on any atom is -0.423 e. The van der Waals surface area contributed by atoms with E-state index in [4.69, 9.17) is 16.3 Å². The molecule has 10 heteroatoms. The summed E-state index contributed by atoms with van der Waals surface area (Å²) < 4.78 is 49.0. The summed E-state index contributed by atoms with van der Waals surface area (Å²) in [7, 11) is -2.15. The van der Waals surface area contributed by atoms with E-state index in [-0.39, 0.29) is 39.8 Å². The highest BCUT2D eigenvalue weighted by Gasteiger charge is 2.50. The van der Waals surface area contributed by atoms with Crippen LogP contribution in [0.1, 0.15) is 56.0 Å². The standard InChI is InChI=1S/C16H17BClF3N2O3/c18-8-7-9-11(13(17(24)25)12(8)16(21)4-5-16)14(15(19)20)22-23(9)10-3-1-2-6-26-10/h7,10,15,24-25H,1-6H2. The molecule has 1 saturated heterocycles. The minimum absolute atomic E-state index is 0.0293. The van der Waals surface area contributed by atoms with Crippen molar-refractivity contribution in [1.29, 1.82) is 0 Å². The van der Waals surface area contributed by atoms with Gasteiger partial charge in [-0.25, -0.2) is 17.9 Å². The Hall–Kier alpha value is -1.29. The zero-order valence-corrected chi connectivity index (χ0v) is 14.5. The highest BCUT2D eigenvalue weighted by molar-refractivity contribution is 6.63. The van der Waals surface area contributed by atoms with Gasteiger partial charge in [0.05, 0.1) is 5.52 Å². The number of nitrogens with zero attached hydrogens (tertiary/aromatic N) is 2. The highest BCUT2D eigenvalue weighted by atomic mass is 35.5. The average Bonchev–Trinajstić information content (AvgIpc) is 3.22. The van der Waals surface area contributed by atoms with Gasteiger partial charge in [0, 0.05) is 28.0 Å². The largest absolute Gasteiger partial charge is 0.489 e. The molecule has 2 N–H and O–H groups in total. The fraction of sp³-hybridized carbons (Fsp3) is 0.562. The van der Waals surface area contributed by atoms with Crippen LogP contribution in [0.15, 0.2) is 6.07 Å². The van der Waals surface area contributed by atoms with Crippen LogP contribution in [0.4, 0.5) is 13.2 Å². The molecule has 1 aromatic carbocycles. The fourth-order valence-corrected chi connectivity index (χ4v) is 4.06. The normalized spacial score (nSPS) is 22.2. The van der Waals surface area contributed by atoms with Crippen molar-refractivity contribution >= 4 is 35.1 Å². The Balaban J connectivity index is 2.02.